The third kappa shape index (κ3) is 3.40. The fourth-order valence-electron chi connectivity index (χ4n) is 2.54. The second-order valence-electron chi connectivity index (χ2n) is 5.39. The van der Waals surface area contributed by atoms with Crippen molar-refractivity contribution in [3.05, 3.63) is 47.8 Å². The van der Waals surface area contributed by atoms with Crippen molar-refractivity contribution in [2.75, 3.05) is 36.0 Å². The van der Waals surface area contributed by atoms with E-state index in [1.807, 2.05) is 11.0 Å². The summed E-state index contributed by atoms with van der Waals surface area (Å²) >= 11 is 0. The van der Waals surface area contributed by atoms with Gasteiger partial charge >= 0.3 is 6.18 Å². The number of nitriles is 1. The molecule has 5 nitrogen and oxygen atoms in total. The lowest BCUT2D eigenvalue weighted by molar-refractivity contribution is -0.137. The van der Waals surface area contributed by atoms with Crippen LogP contribution in [0, 0.1) is 11.3 Å². The first-order valence-corrected chi connectivity index (χ1v) is 7.37. The lowest BCUT2D eigenvalue weighted by atomic mass is 10.2. The van der Waals surface area contributed by atoms with Crippen molar-refractivity contribution in [1.82, 2.24) is 9.97 Å². The Balaban J connectivity index is 1.63. The molecule has 0 aromatic carbocycles. The maximum absolute atomic E-state index is 12.6. The quantitative estimate of drug-likeness (QED) is 0.846. The van der Waals surface area contributed by atoms with Crippen LogP contribution in [0.2, 0.25) is 0 Å². The summed E-state index contributed by atoms with van der Waals surface area (Å²) in [5, 5.41) is 8.78. The van der Waals surface area contributed by atoms with E-state index in [1.165, 1.54) is 12.3 Å². The number of hydrogen-bond donors (Lipinski definition) is 0. The van der Waals surface area contributed by atoms with Crippen molar-refractivity contribution in [2.45, 2.75) is 6.18 Å². The summed E-state index contributed by atoms with van der Waals surface area (Å²) in [6, 6.07) is 7.99. The zero-order valence-electron chi connectivity index (χ0n) is 12.7. The van der Waals surface area contributed by atoms with E-state index >= 15 is 0 Å². The Kier molecular flexibility index (Phi) is 4.25. The zero-order valence-corrected chi connectivity index (χ0v) is 12.7. The van der Waals surface area contributed by atoms with Crippen LogP contribution in [-0.2, 0) is 6.18 Å². The molecule has 1 aliphatic rings. The first-order chi connectivity index (χ1) is 11.5. The summed E-state index contributed by atoms with van der Waals surface area (Å²) in [5.74, 6) is 1.32. The average molecular weight is 333 g/mol. The molecule has 2 aromatic rings. The Morgan fingerprint density at radius 1 is 0.875 bits per heavy atom. The van der Waals surface area contributed by atoms with E-state index in [-0.39, 0.29) is 0 Å². The van der Waals surface area contributed by atoms with Gasteiger partial charge in [-0.3, -0.25) is 0 Å². The van der Waals surface area contributed by atoms with E-state index in [0.29, 0.717) is 37.6 Å². The Bertz CT molecular complexity index is 726. The van der Waals surface area contributed by atoms with E-state index in [9.17, 15) is 13.2 Å². The van der Waals surface area contributed by atoms with E-state index in [2.05, 4.69) is 14.9 Å². The summed E-state index contributed by atoms with van der Waals surface area (Å²) in [6.07, 6.45) is -1.98. The molecule has 24 heavy (non-hydrogen) atoms. The predicted molar refractivity (Wildman–Crippen MR) is 82.6 cm³/mol. The maximum Gasteiger partial charge on any atom is 0.417 e. The minimum Gasteiger partial charge on any atom is -0.353 e. The highest BCUT2D eigenvalue weighted by atomic mass is 19.4. The van der Waals surface area contributed by atoms with Gasteiger partial charge in [0.2, 0.25) is 0 Å². The third-order valence-electron chi connectivity index (χ3n) is 3.88. The molecule has 0 atom stereocenters. The van der Waals surface area contributed by atoms with Gasteiger partial charge in [-0.05, 0) is 24.3 Å². The van der Waals surface area contributed by atoms with Gasteiger partial charge in [0.1, 0.15) is 17.7 Å². The Hall–Kier alpha value is -2.82. The Labute approximate surface area is 137 Å². The van der Waals surface area contributed by atoms with Gasteiger partial charge < -0.3 is 9.80 Å². The molecule has 0 spiro atoms. The van der Waals surface area contributed by atoms with Crippen LogP contribution in [0.4, 0.5) is 24.8 Å². The monoisotopic (exact) mass is 333 g/mol. The number of rotatable bonds is 2. The van der Waals surface area contributed by atoms with Crippen molar-refractivity contribution < 1.29 is 13.2 Å². The van der Waals surface area contributed by atoms with Crippen LogP contribution in [0.15, 0.2) is 36.7 Å². The van der Waals surface area contributed by atoms with Gasteiger partial charge in [-0.2, -0.15) is 18.4 Å². The molecule has 3 heterocycles. The van der Waals surface area contributed by atoms with Gasteiger partial charge in [-0.25, -0.2) is 9.97 Å². The maximum atomic E-state index is 12.6. The molecular weight excluding hydrogens is 319 g/mol. The average Bonchev–Trinajstić information content (AvgIpc) is 2.61. The lowest BCUT2D eigenvalue weighted by Gasteiger charge is -2.36. The molecule has 0 bridgehead atoms. The highest BCUT2D eigenvalue weighted by Gasteiger charge is 2.31. The van der Waals surface area contributed by atoms with Gasteiger partial charge in [0, 0.05) is 38.6 Å². The Morgan fingerprint density at radius 2 is 1.42 bits per heavy atom. The summed E-state index contributed by atoms with van der Waals surface area (Å²) in [5.41, 5.74) is -0.238. The minimum absolute atomic E-state index is 0.506. The molecule has 0 saturated carbocycles. The molecular formula is C16H14F3N5. The van der Waals surface area contributed by atoms with Crippen molar-refractivity contribution in [2.24, 2.45) is 0 Å². The van der Waals surface area contributed by atoms with Gasteiger partial charge in [-0.1, -0.05) is 0 Å². The van der Waals surface area contributed by atoms with Crippen LogP contribution in [0.1, 0.15) is 11.1 Å². The van der Waals surface area contributed by atoms with Crippen molar-refractivity contribution in [1.29, 1.82) is 5.26 Å². The second kappa shape index (κ2) is 6.35. The third-order valence-corrected chi connectivity index (χ3v) is 3.88. The molecule has 0 radical (unpaired) electrons. The number of anilines is 2. The number of pyridine rings is 2. The van der Waals surface area contributed by atoms with Crippen LogP contribution < -0.4 is 9.80 Å². The van der Waals surface area contributed by atoms with Crippen molar-refractivity contribution in [3.8, 4) is 6.07 Å². The number of aromatic nitrogens is 2. The summed E-state index contributed by atoms with van der Waals surface area (Å²) < 4.78 is 37.7. The molecule has 1 saturated heterocycles. The largest absolute Gasteiger partial charge is 0.417 e. The molecule has 124 valence electrons. The van der Waals surface area contributed by atoms with Crippen LogP contribution >= 0.6 is 0 Å². The number of nitrogens with zero attached hydrogens (tertiary/aromatic N) is 5. The molecule has 1 aliphatic heterocycles. The van der Waals surface area contributed by atoms with E-state index in [4.69, 9.17) is 5.26 Å². The second-order valence-corrected chi connectivity index (χ2v) is 5.39. The highest BCUT2D eigenvalue weighted by molar-refractivity contribution is 5.46. The standard InChI is InChI=1S/C16H14F3N5/c17-16(18,19)13-2-4-15(22-11-13)24-7-5-23(6-8-24)14-3-1-12(9-20)10-21-14/h1-4,10-11H,5-8H2. The SMILES string of the molecule is N#Cc1ccc(N2CCN(c3ccc(C(F)(F)F)cn3)CC2)nc1. The molecule has 2 aromatic heterocycles. The minimum atomic E-state index is -4.37. The lowest BCUT2D eigenvalue weighted by Crippen LogP contribution is -2.47. The first-order valence-electron chi connectivity index (χ1n) is 7.37. The molecule has 3 rings (SSSR count). The molecule has 0 aliphatic carbocycles. The first kappa shape index (κ1) is 16.1. The van der Waals surface area contributed by atoms with Crippen molar-refractivity contribution >= 4 is 11.6 Å². The van der Waals surface area contributed by atoms with Gasteiger partial charge in [-0.15, -0.1) is 0 Å². The van der Waals surface area contributed by atoms with E-state index < -0.39 is 11.7 Å². The van der Waals surface area contributed by atoms with Crippen molar-refractivity contribution in [3.63, 3.8) is 0 Å². The molecule has 8 heteroatoms. The molecule has 0 N–H and O–H groups in total. The number of piperazine rings is 1. The predicted octanol–water partition coefficient (Wildman–Crippen LogP) is 2.69. The summed E-state index contributed by atoms with van der Waals surface area (Å²) in [6.45, 7) is 2.64. The van der Waals surface area contributed by atoms with E-state index in [0.717, 1.165) is 18.1 Å². The fraction of sp³-hybridized carbons (Fsp3) is 0.312. The van der Waals surface area contributed by atoms with E-state index in [1.54, 1.807) is 12.1 Å². The normalized spacial score (nSPS) is 15.2. The Morgan fingerprint density at radius 3 is 1.79 bits per heavy atom. The fourth-order valence-corrected chi connectivity index (χ4v) is 2.54. The molecule has 0 unspecified atom stereocenters. The zero-order chi connectivity index (χ0) is 17.2. The smallest absolute Gasteiger partial charge is 0.353 e. The molecule has 1 fully saturated rings. The number of alkyl halides is 3. The van der Waals surface area contributed by atoms with Crippen LogP contribution in [-0.4, -0.2) is 36.1 Å². The highest BCUT2D eigenvalue weighted by Crippen LogP contribution is 2.29. The summed E-state index contributed by atoms with van der Waals surface area (Å²) in [4.78, 5) is 12.2. The summed E-state index contributed by atoms with van der Waals surface area (Å²) in [7, 11) is 0. The topological polar surface area (TPSA) is 56.1 Å². The van der Waals surface area contributed by atoms with Crippen LogP contribution in [0.5, 0.6) is 0 Å². The van der Waals surface area contributed by atoms with Gasteiger partial charge in [0.25, 0.3) is 0 Å². The molecule has 0 amide bonds. The number of halogens is 3. The van der Waals surface area contributed by atoms with Crippen LogP contribution in [0.3, 0.4) is 0 Å². The van der Waals surface area contributed by atoms with Gasteiger partial charge in [0.05, 0.1) is 11.1 Å². The van der Waals surface area contributed by atoms with Gasteiger partial charge in [0.15, 0.2) is 0 Å². The number of hydrogen-bond acceptors (Lipinski definition) is 5. The van der Waals surface area contributed by atoms with Crippen LogP contribution in [0.25, 0.3) is 0 Å².